The molecular weight excluding hydrogens is 278 g/mol. The van der Waals surface area contributed by atoms with Crippen LogP contribution in [0.3, 0.4) is 0 Å². The van der Waals surface area contributed by atoms with E-state index < -0.39 is 0 Å². The molecule has 0 saturated heterocycles. The van der Waals surface area contributed by atoms with Crippen molar-refractivity contribution in [1.29, 1.82) is 0 Å². The minimum atomic E-state index is 0.576. The summed E-state index contributed by atoms with van der Waals surface area (Å²) in [7, 11) is 4.12. The fourth-order valence-electron chi connectivity index (χ4n) is 1.97. The Bertz CT molecular complexity index is 555. The maximum absolute atomic E-state index is 6.22. The van der Waals surface area contributed by atoms with E-state index in [4.69, 9.17) is 11.6 Å². The van der Waals surface area contributed by atoms with Crippen molar-refractivity contribution in [3.05, 3.63) is 33.4 Å². The third-order valence-corrected chi connectivity index (χ3v) is 4.25. The summed E-state index contributed by atoms with van der Waals surface area (Å²) in [5, 5.41) is 0.576. The first-order valence-electron chi connectivity index (χ1n) is 6.28. The van der Waals surface area contributed by atoms with Crippen LogP contribution in [0.2, 0.25) is 5.15 Å². The molecule has 102 valence electrons. The molecule has 0 fully saturated rings. The summed E-state index contributed by atoms with van der Waals surface area (Å²) in [6.45, 7) is 4.99. The van der Waals surface area contributed by atoms with Gasteiger partial charge in [-0.25, -0.2) is 9.97 Å². The molecule has 19 heavy (non-hydrogen) atoms. The fraction of sp³-hybridized carbons (Fsp3) is 0.429. The van der Waals surface area contributed by atoms with E-state index in [2.05, 4.69) is 48.0 Å². The first kappa shape index (κ1) is 14.4. The fourth-order valence-corrected chi connectivity index (χ4v) is 3.38. The normalized spacial score (nSPS) is 11.3. The average molecular weight is 296 g/mol. The third kappa shape index (κ3) is 3.32. The number of nitrogens with zero attached hydrogens (tertiary/aromatic N) is 3. The lowest BCUT2D eigenvalue weighted by atomic mass is 10.2. The van der Waals surface area contributed by atoms with E-state index in [0.29, 0.717) is 5.15 Å². The lowest BCUT2D eigenvalue weighted by molar-refractivity contribution is 0.406. The summed E-state index contributed by atoms with van der Waals surface area (Å²) in [5.41, 5.74) is 2.01. The molecule has 0 spiro atoms. The number of rotatable bonds is 4. The van der Waals surface area contributed by atoms with E-state index >= 15 is 0 Å². The molecule has 3 nitrogen and oxygen atoms in total. The molecule has 0 aromatic carbocycles. The van der Waals surface area contributed by atoms with Gasteiger partial charge in [0.05, 0.1) is 4.88 Å². The van der Waals surface area contributed by atoms with Gasteiger partial charge in [0.1, 0.15) is 5.15 Å². The lowest BCUT2D eigenvalue weighted by Gasteiger charge is -2.07. The summed E-state index contributed by atoms with van der Waals surface area (Å²) in [6.07, 6.45) is 0.862. The zero-order chi connectivity index (χ0) is 14.0. The molecule has 0 aliphatic carbocycles. The quantitative estimate of drug-likeness (QED) is 0.804. The topological polar surface area (TPSA) is 29.0 Å². The highest BCUT2D eigenvalue weighted by atomic mass is 35.5. The van der Waals surface area contributed by atoms with Gasteiger partial charge in [0.25, 0.3) is 0 Å². The van der Waals surface area contributed by atoms with Gasteiger partial charge >= 0.3 is 0 Å². The number of hydrogen-bond donors (Lipinski definition) is 0. The Labute approximate surface area is 123 Å². The third-order valence-electron chi connectivity index (χ3n) is 2.87. The highest BCUT2D eigenvalue weighted by molar-refractivity contribution is 7.15. The molecule has 2 rings (SSSR count). The zero-order valence-corrected chi connectivity index (χ0v) is 13.3. The molecule has 0 bridgehead atoms. The van der Waals surface area contributed by atoms with E-state index in [1.807, 2.05) is 6.92 Å². The molecule has 0 amide bonds. The van der Waals surface area contributed by atoms with Crippen LogP contribution in [0.15, 0.2) is 12.1 Å². The predicted octanol–water partition coefficient (Wildman–Crippen LogP) is 3.79. The van der Waals surface area contributed by atoms with Gasteiger partial charge in [-0.05, 0) is 39.6 Å². The molecule has 0 unspecified atom stereocenters. The monoisotopic (exact) mass is 295 g/mol. The van der Waals surface area contributed by atoms with E-state index in [-0.39, 0.29) is 0 Å². The highest BCUT2D eigenvalue weighted by Crippen LogP contribution is 2.28. The zero-order valence-electron chi connectivity index (χ0n) is 11.7. The molecule has 2 aromatic heterocycles. The lowest BCUT2D eigenvalue weighted by Crippen LogP contribution is -2.09. The summed E-state index contributed by atoms with van der Waals surface area (Å²) in [6, 6.07) is 4.19. The minimum Gasteiger partial charge on any atom is -0.304 e. The van der Waals surface area contributed by atoms with Gasteiger partial charge in [-0.3, -0.25) is 0 Å². The van der Waals surface area contributed by atoms with Crippen molar-refractivity contribution in [1.82, 2.24) is 14.9 Å². The van der Waals surface area contributed by atoms with Crippen molar-refractivity contribution in [2.24, 2.45) is 0 Å². The maximum Gasteiger partial charge on any atom is 0.171 e. The van der Waals surface area contributed by atoms with Gasteiger partial charge in [0, 0.05) is 22.7 Å². The Morgan fingerprint density at radius 2 is 2.00 bits per heavy atom. The second-order valence-electron chi connectivity index (χ2n) is 4.76. The van der Waals surface area contributed by atoms with Crippen molar-refractivity contribution >= 4 is 22.9 Å². The standard InChI is InChI=1S/C14H18ClN3S/c1-5-11-9(2)16-14(17-13(11)15)12-7-6-10(19-12)8-18(3)4/h6-7H,5,8H2,1-4H3. The largest absolute Gasteiger partial charge is 0.304 e. The Morgan fingerprint density at radius 1 is 1.26 bits per heavy atom. The number of thiophene rings is 1. The van der Waals surface area contributed by atoms with Crippen LogP contribution < -0.4 is 0 Å². The van der Waals surface area contributed by atoms with Gasteiger partial charge in [-0.1, -0.05) is 18.5 Å². The number of aryl methyl sites for hydroxylation is 1. The number of halogens is 1. The molecule has 0 aliphatic rings. The smallest absolute Gasteiger partial charge is 0.171 e. The first-order valence-corrected chi connectivity index (χ1v) is 7.47. The van der Waals surface area contributed by atoms with Gasteiger partial charge in [0.15, 0.2) is 5.82 Å². The Balaban J connectivity index is 2.34. The molecule has 2 aromatic rings. The minimum absolute atomic E-state index is 0.576. The maximum atomic E-state index is 6.22. The van der Waals surface area contributed by atoms with Crippen LogP contribution in [0, 0.1) is 6.92 Å². The van der Waals surface area contributed by atoms with Crippen molar-refractivity contribution in [2.75, 3.05) is 14.1 Å². The molecule has 2 heterocycles. The van der Waals surface area contributed by atoms with E-state index in [1.165, 1.54) is 4.88 Å². The first-order chi connectivity index (χ1) is 9.01. The predicted molar refractivity (Wildman–Crippen MR) is 81.9 cm³/mol. The molecule has 0 atom stereocenters. The molecule has 0 saturated carbocycles. The molecule has 0 aliphatic heterocycles. The molecular formula is C14H18ClN3S. The van der Waals surface area contributed by atoms with Crippen LogP contribution in [0.5, 0.6) is 0 Å². The molecule has 0 radical (unpaired) electrons. The Kier molecular flexibility index (Phi) is 4.55. The van der Waals surface area contributed by atoms with Crippen molar-refractivity contribution in [2.45, 2.75) is 26.8 Å². The van der Waals surface area contributed by atoms with Gasteiger partial charge < -0.3 is 4.90 Å². The second-order valence-corrected chi connectivity index (χ2v) is 6.29. The van der Waals surface area contributed by atoms with Gasteiger partial charge in [-0.15, -0.1) is 11.3 Å². The van der Waals surface area contributed by atoms with Crippen LogP contribution >= 0.6 is 22.9 Å². The van der Waals surface area contributed by atoms with Gasteiger partial charge in [0.2, 0.25) is 0 Å². The van der Waals surface area contributed by atoms with Crippen LogP contribution in [0.25, 0.3) is 10.7 Å². The van der Waals surface area contributed by atoms with Gasteiger partial charge in [-0.2, -0.15) is 0 Å². The van der Waals surface area contributed by atoms with Crippen LogP contribution in [-0.4, -0.2) is 29.0 Å². The van der Waals surface area contributed by atoms with Crippen molar-refractivity contribution < 1.29 is 0 Å². The summed E-state index contributed by atoms with van der Waals surface area (Å²) in [5.74, 6) is 0.731. The van der Waals surface area contributed by atoms with Crippen LogP contribution in [0.4, 0.5) is 0 Å². The van der Waals surface area contributed by atoms with E-state index in [1.54, 1.807) is 11.3 Å². The van der Waals surface area contributed by atoms with E-state index in [9.17, 15) is 0 Å². The summed E-state index contributed by atoms with van der Waals surface area (Å²) in [4.78, 5) is 13.5. The Hall–Kier alpha value is -0.970. The summed E-state index contributed by atoms with van der Waals surface area (Å²) < 4.78 is 0. The number of hydrogen-bond acceptors (Lipinski definition) is 4. The Morgan fingerprint density at radius 3 is 2.58 bits per heavy atom. The second kappa shape index (κ2) is 5.99. The summed E-state index contributed by atoms with van der Waals surface area (Å²) >= 11 is 7.94. The SMILES string of the molecule is CCc1c(C)nc(-c2ccc(CN(C)C)s2)nc1Cl. The molecule has 0 N–H and O–H groups in total. The van der Waals surface area contributed by atoms with Crippen molar-refractivity contribution in [3.63, 3.8) is 0 Å². The highest BCUT2D eigenvalue weighted by Gasteiger charge is 2.12. The molecule has 5 heteroatoms. The number of aromatic nitrogens is 2. The van der Waals surface area contributed by atoms with Crippen LogP contribution in [-0.2, 0) is 13.0 Å². The van der Waals surface area contributed by atoms with Crippen LogP contribution in [0.1, 0.15) is 23.1 Å². The van der Waals surface area contributed by atoms with Crippen molar-refractivity contribution in [3.8, 4) is 10.7 Å². The van der Waals surface area contributed by atoms with E-state index in [0.717, 1.165) is 34.9 Å². The average Bonchev–Trinajstić information content (AvgIpc) is 2.76.